The number of piperidine rings is 1. The number of hydrogen-bond acceptors (Lipinski definition) is 12. The van der Waals surface area contributed by atoms with Crippen LogP contribution in [0.4, 0.5) is 39.4 Å². The van der Waals surface area contributed by atoms with Crippen molar-refractivity contribution >= 4 is 46.6 Å². The van der Waals surface area contributed by atoms with Crippen molar-refractivity contribution in [3.8, 4) is 11.5 Å². The Morgan fingerprint density at radius 1 is 1.02 bits per heavy atom. The number of aryl methyl sites for hydroxylation is 1. The number of halogens is 1. The number of carbonyl (C=O) groups excluding carboxylic acids is 2. The van der Waals surface area contributed by atoms with Crippen molar-refractivity contribution < 1.29 is 50.2 Å². The number of methoxy groups -OCH3 is 2. The molecule has 3 amide bonds. The van der Waals surface area contributed by atoms with Crippen LogP contribution in [-0.4, -0.2) is 126 Å². The number of morpholine rings is 1. The van der Waals surface area contributed by atoms with Crippen molar-refractivity contribution in [3.63, 3.8) is 0 Å². The van der Waals surface area contributed by atoms with Crippen LogP contribution >= 0.6 is 0 Å². The molecule has 0 radical (unpaired) electrons. The van der Waals surface area contributed by atoms with E-state index in [1.165, 1.54) is 6.33 Å². The van der Waals surface area contributed by atoms with E-state index < -0.39 is 4.92 Å². The molecular formula is C40H50BrN11O7. The number of urea groups is 1. The second kappa shape index (κ2) is 18.4. The quantitative estimate of drug-likeness (QED) is 0.0890. The summed E-state index contributed by atoms with van der Waals surface area (Å²) >= 11 is 0. The van der Waals surface area contributed by atoms with Gasteiger partial charge in [0.2, 0.25) is 18.2 Å². The van der Waals surface area contributed by atoms with Crippen LogP contribution in [0.1, 0.15) is 24.1 Å². The predicted molar refractivity (Wildman–Crippen MR) is 218 cm³/mol. The van der Waals surface area contributed by atoms with E-state index in [1.807, 2.05) is 32.3 Å². The zero-order valence-electron chi connectivity index (χ0n) is 33.9. The lowest BCUT2D eigenvalue weighted by molar-refractivity contribution is -0.898. The number of rotatable bonds is 13. The van der Waals surface area contributed by atoms with Crippen LogP contribution < -0.4 is 46.5 Å². The van der Waals surface area contributed by atoms with E-state index in [2.05, 4.69) is 32.3 Å². The Kier molecular flexibility index (Phi) is 13.4. The molecule has 59 heavy (non-hydrogen) atoms. The number of quaternary nitrogens is 1. The molecular weight excluding hydrogens is 826 g/mol. The monoisotopic (exact) mass is 875 g/mol. The molecule has 0 spiro atoms. The van der Waals surface area contributed by atoms with Crippen molar-refractivity contribution in [1.82, 2.24) is 24.4 Å². The molecule has 314 valence electrons. The van der Waals surface area contributed by atoms with Crippen LogP contribution in [0, 0.1) is 10.1 Å². The number of nitrogens with one attached hydrogen (secondary N) is 1. The van der Waals surface area contributed by atoms with Crippen LogP contribution in [0.2, 0.25) is 0 Å². The Hall–Kier alpha value is -5.79. The summed E-state index contributed by atoms with van der Waals surface area (Å²) in [7, 11) is 8.76. The molecule has 1 N–H and O–H groups in total. The fourth-order valence-electron chi connectivity index (χ4n) is 7.56. The number of fused-ring (bicyclic) bond motifs is 1. The first-order chi connectivity index (χ1) is 27.9. The lowest BCUT2D eigenvalue weighted by Crippen LogP contribution is -3.00. The minimum atomic E-state index is -0.475. The number of nitro groups is 1. The molecule has 19 heteroatoms. The van der Waals surface area contributed by atoms with Crippen LogP contribution in [0.15, 0.2) is 67.1 Å². The molecule has 18 nitrogen and oxygen atoms in total. The van der Waals surface area contributed by atoms with Gasteiger partial charge in [0.1, 0.15) is 23.9 Å². The summed E-state index contributed by atoms with van der Waals surface area (Å²) in [5.74, 6) is 1.70. The normalized spacial score (nSPS) is 16.2. The fraction of sp³-hybridized carbons (Fsp3) is 0.425. The highest BCUT2D eigenvalue weighted by Gasteiger charge is 2.39. The molecule has 3 aliphatic rings. The Bertz CT molecular complexity index is 2150. The minimum Gasteiger partial charge on any atom is -1.00 e. The Morgan fingerprint density at radius 3 is 2.34 bits per heavy atom. The first-order valence-electron chi connectivity index (χ1n) is 19.2. The molecule has 2 aromatic heterocycles. The first kappa shape index (κ1) is 42.8. The van der Waals surface area contributed by atoms with Gasteiger partial charge in [-0.1, -0.05) is 0 Å². The van der Waals surface area contributed by atoms with E-state index in [1.54, 1.807) is 71.0 Å². The van der Waals surface area contributed by atoms with Crippen molar-refractivity contribution in [3.05, 3.63) is 88.5 Å². The van der Waals surface area contributed by atoms with Crippen molar-refractivity contribution in [2.24, 2.45) is 7.05 Å². The number of anilines is 5. The lowest BCUT2D eigenvalue weighted by Gasteiger charge is -2.43. The molecule has 7 rings (SSSR count). The topological polar surface area (TPSA) is 174 Å². The highest BCUT2D eigenvalue weighted by atomic mass is 79.9. The number of likely N-dealkylation sites (N-methyl/N-ethyl adjacent to an activating group) is 1. The highest BCUT2D eigenvalue weighted by molar-refractivity contribution is 6.06. The maximum Gasteiger partial charge on any atom is 0.390 e. The molecule has 0 saturated carbocycles. The maximum absolute atomic E-state index is 14.6. The van der Waals surface area contributed by atoms with Gasteiger partial charge in [0.15, 0.2) is 5.69 Å². The Balaban J connectivity index is 0.00000585. The van der Waals surface area contributed by atoms with E-state index >= 15 is 0 Å². The third-order valence-electron chi connectivity index (χ3n) is 10.8. The third kappa shape index (κ3) is 9.75. The molecule has 2 fully saturated rings. The second-order valence-corrected chi connectivity index (χ2v) is 15.2. The molecule has 0 bridgehead atoms. The van der Waals surface area contributed by atoms with E-state index in [0.717, 1.165) is 30.0 Å². The van der Waals surface area contributed by atoms with Gasteiger partial charge in [-0.3, -0.25) is 14.6 Å². The SMILES string of the molecule is COc1cc(OC)cc(N2Cc3cnc(Nc4ccc(N5CCOCC5)cc4)nc3N(C3CCN(C(=O)/C=C/C[N+](C)(C)Cc4c([N+](=O)[O-])ncn4C)CC3)C2=O)c1.[Br-]. The molecule has 3 aliphatic heterocycles. The summed E-state index contributed by atoms with van der Waals surface area (Å²) in [6, 6.07) is 12.9. The van der Waals surface area contributed by atoms with Gasteiger partial charge in [0, 0.05) is 86.7 Å². The lowest BCUT2D eigenvalue weighted by atomic mass is 10.0. The molecule has 0 atom stereocenters. The molecule has 2 aromatic carbocycles. The average molecular weight is 877 g/mol. The number of benzene rings is 2. The van der Waals surface area contributed by atoms with Gasteiger partial charge in [0.05, 0.1) is 60.3 Å². The van der Waals surface area contributed by atoms with Crippen molar-refractivity contribution in [2.75, 3.05) is 94.3 Å². The van der Waals surface area contributed by atoms with Crippen LogP contribution in [-0.2, 0) is 29.7 Å². The van der Waals surface area contributed by atoms with Crippen molar-refractivity contribution in [2.45, 2.75) is 32.0 Å². The van der Waals surface area contributed by atoms with Gasteiger partial charge in [-0.2, -0.15) is 4.98 Å². The van der Waals surface area contributed by atoms with E-state index in [0.29, 0.717) is 91.4 Å². The summed E-state index contributed by atoms with van der Waals surface area (Å²) in [4.78, 5) is 60.0. The number of nitrogens with zero attached hydrogens (tertiary/aromatic N) is 10. The van der Waals surface area contributed by atoms with Gasteiger partial charge in [-0.05, 0) is 53.1 Å². The van der Waals surface area contributed by atoms with Crippen LogP contribution in [0.3, 0.4) is 0 Å². The van der Waals surface area contributed by atoms with Gasteiger partial charge in [0.25, 0.3) is 0 Å². The number of amides is 3. The molecule has 0 unspecified atom stereocenters. The van der Waals surface area contributed by atoms with E-state index in [9.17, 15) is 19.7 Å². The zero-order chi connectivity index (χ0) is 41.0. The molecule has 5 heterocycles. The standard InChI is InChI=1S/C40H50N11O7.BrH/c1-45-27-42-38(50(54)55)35(45)26-51(2,3)18-6-7-36(52)47-14-12-31(13-15-47)49-37-28(25-48(40(49)53)32-21-33(56-4)23-34(22-32)57-5)24-41-39(44-37)43-29-8-10-30(11-9-29)46-16-19-58-20-17-46;/h6-11,21-24,27,31H,12-20,25-26H2,1-5H3,(H,41,43,44);1H/q+1;/p-1/b7-6+;. The zero-order valence-corrected chi connectivity index (χ0v) is 35.5. The Morgan fingerprint density at radius 2 is 1.69 bits per heavy atom. The Labute approximate surface area is 353 Å². The number of aromatic nitrogens is 4. The predicted octanol–water partition coefficient (Wildman–Crippen LogP) is 1.49. The summed E-state index contributed by atoms with van der Waals surface area (Å²) in [6.45, 7) is 5.04. The van der Waals surface area contributed by atoms with Gasteiger partial charge >= 0.3 is 11.8 Å². The van der Waals surface area contributed by atoms with Gasteiger partial charge in [-0.25, -0.2) is 9.78 Å². The van der Waals surface area contributed by atoms with Gasteiger partial charge in [-0.15, -0.1) is 0 Å². The van der Waals surface area contributed by atoms with E-state index in [4.69, 9.17) is 19.2 Å². The number of likely N-dealkylation sites (tertiary alicyclic amines) is 1. The fourth-order valence-corrected chi connectivity index (χ4v) is 7.56. The minimum absolute atomic E-state index is 0. The van der Waals surface area contributed by atoms with E-state index in [-0.39, 0.29) is 47.3 Å². The summed E-state index contributed by atoms with van der Waals surface area (Å²) < 4.78 is 18.6. The molecule has 4 aromatic rings. The maximum atomic E-state index is 14.6. The molecule has 0 aliphatic carbocycles. The number of imidazole rings is 1. The number of carbonyl (C=O) groups is 2. The average Bonchev–Trinajstić information content (AvgIpc) is 3.59. The third-order valence-corrected chi connectivity index (χ3v) is 10.8. The summed E-state index contributed by atoms with van der Waals surface area (Å²) in [6.07, 6.45) is 7.63. The first-order valence-corrected chi connectivity index (χ1v) is 19.2. The largest absolute Gasteiger partial charge is 1.00 e. The van der Waals surface area contributed by atoms with Crippen LogP contribution in [0.25, 0.3) is 0 Å². The van der Waals surface area contributed by atoms with Gasteiger partial charge < -0.3 is 65.5 Å². The number of ether oxygens (including phenoxy) is 3. The summed E-state index contributed by atoms with van der Waals surface area (Å²) in [5.41, 5.74) is 3.82. The highest BCUT2D eigenvalue weighted by Crippen LogP contribution is 2.37. The number of hydrogen-bond donors (Lipinski definition) is 1. The van der Waals surface area contributed by atoms with Crippen LogP contribution in [0.5, 0.6) is 11.5 Å². The van der Waals surface area contributed by atoms with Crippen molar-refractivity contribution in [1.29, 1.82) is 0 Å². The summed E-state index contributed by atoms with van der Waals surface area (Å²) in [5, 5.41) is 14.8. The second-order valence-electron chi connectivity index (χ2n) is 15.2. The molecule has 2 saturated heterocycles. The smallest absolute Gasteiger partial charge is 0.390 e.